The van der Waals surface area contributed by atoms with E-state index >= 15 is 0 Å². The molecule has 2 heterocycles. The molecule has 0 aliphatic carbocycles. The van der Waals surface area contributed by atoms with Gasteiger partial charge in [-0.05, 0) is 60.4 Å². The van der Waals surface area contributed by atoms with Crippen LogP contribution in [0.15, 0.2) is 73.1 Å². The first kappa shape index (κ1) is 21.8. The molecule has 0 spiro atoms. The highest BCUT2D eigenvalue weighted by Gasteiger charge is 2.28. The highest BCUT2D eigenvalue weighted by atomic mass is 35.5. The molecule has 1 aliphatic heterocycles. The summed E-state index contributed by atoms with van der Waals surface area (Å²) in [6.07, 6.45) is 4.73. The highest BCUT2D eigenvalue weighted by molar-refractivity contribution is 6.30. The second kappa shape index (κ2) is 9.83. The normalized spacial score (nSPS) is 14.1. The molecular formula is C25H25ClN4O2. The van der Waals surface area contributed by atoms with Gasteiger partial charge in [-0.15, -0.1) is 0 Å². The van der Waals surface area contributed by atoms with Gasteiger partial charge in [0.05, 0.1) is 5.56 Å². The van der Waals surface area contributed by atoms with E-state index in [-0.39, 0.29) is 18.0 Å². The number of amides is 3. The van der Waals surface area contributed by atoms with Crippen molar-refractivity contribution in [3.63, 3.8) is 0 Å². The van der Waals surface area contributed by atoms with E-state index in [1.54, 1.807) is 36.5 Å². The molecule has 2 aromatic carbocycles. The molecule has 6 nitrogen and oxygen atoms in total. The van der Waals surface area contributed by atoms with Crippen LogP contribution in [0.1, 0.15) is 23.2 Å². The van der Waals surface area contributed by atoms with E-state index in [0.29, 0.717) is 23.7 Å². The van der Waals surface area contributed by atoms with Crippen LogP contribution < -0.4 is 5.32 Å². The van der Waals surface area contributed by atoms with E-state index in [1.165, 1.54) is 0 Å². The molecule has 0 atom stereocenters. The molecule has 0 bridgehead atoms. The lowest BCUT2D eigenvalue weighted by atomic mass is 10.0. The van der Waals surface area contributed by atoms with Crippen LogP contribution in [0.4, 0.5) is 10.5 Å². The summed E-state index contributed by atoms with van der Waals surface area (Å²) < 4.78 is 0. The molecule has 0 saturated carbocycles. The van der Waals surface area contributed by atoms with Gasteiger partial charge in [0.15, 0.2) is 0 Å². The number of hydrogen-bond donors (Lipinski definition) is 1. The van der Waals surface area contributed by atoms with E-state index in [9.17, 15) is 9.59 Å². The number of carbonyl (C=O) groups is 2. The first-order valence-corrected chi connectivity index (χ1v) is 11.0. The third kappa shape index (κ3) is 5.08. The van der Waals surface area contributed by atoms with E-state index in [0.717, 1.165) is 29.7 Å². The van der Waals surface area contributed by atoms with Gasteiger partial charge in [0.25, 0.3) is 5.91 Å². The van der Waals surface area contributed by atoms with Gasteiger partial charge in [-0.3, -0.25) is 9.78 Å². The van der Waals surface area contributed by atoms with Gasteiger partial charge in [-0.25, -0.2) is 4.79 Å². The van der Waals surface area contributed by atoms with E-state index in [2.05, 4.69) is 10.3 Å². The number of pyridine rings is 1. The van der Waals surface area contributed by atoms with Crippen molar-refractivity contribution in [1.82, 2.24) is 14.8 Å². The Morgan fingerprint density at radius 2 is 1.62 bits per heavy atom. The Morgan fingerprint density at radius 3 is 2.22 bits per heavy atom. The fourth-order valence-electron chi connectivity index (χ4n) is 3.89. The molecule has 1 fully saturated rings. The summed E-state index contributed by atoms with van der Waals surface area (Å²) in [6.45, 7) is 1.23. The van der Waals surface area contributed by atoms with Gasteiger partial charge in [0.1, 0.15) is 0 Å². The smallest absolute Gasteiger partial charge is 0.321 e. The minimum absolute atomic E-state index is 0.00979. The maximum Gasteiger partial charge on any atom is 0.321 e. The number of carbonyl (C=O) groups excluding carboxylic acids is 2. The fraction of sp³-hybridized carbons (Fsp3) is 0.240. The van der Waals surface area contributed by atoms with Gasteiger partial charge >= 0.3 is 6.03 Å². The van der Waals surface area contributed by atoms with E-state index in [1.807, 2.05) is 53.4 Å². The lowest BCUT2D eigenvalue weighted by molar-refractivity contribution is 0.0671. The maximum absolute atomic E-state index is 12.8. The number of urea groups is 1. The average Bonchev–Trinajstić information content (AvgIpc) is 2.85. The van der Waals surface area contributed by atoms with Gasteiger partial charge in [0.2, 0.25) is 0 Å². The van der Waals surface area contributed by atoms with Crippen molar-refractivity contribution in [1.29, 1.82) is 0 Å². The predicted molar refractivity (Wildman–Crippen MR) is 127 cm³/mol. The third-order valence-corrected chi connectivity index (χ3v) is 6.09. The summed E-state index contributed by atoms with van der Waals surface area (Å²) in [4.78, 5) is 32.9. The van der Waals surface area contributed by atoms with Crippen LogP contribution in [0.3, 0.4) is 0 Å². The summed E-state index contributed by atoms with van der Waals surface area (Å²) in [7, 11) is 1.81. The molecular weight excluding hydrogens is 424 g/mol. The molecule has 7 heteroatoms. The molecule has 1 aromatic heterocycles. The summed E-state index contributed by atoms with van der Waals surface area (Å²) in [6, 6.07) is 18.9. The first-order valence-electron chi connectivity index (χ1n) is 10.6. The number of piperidine rings is 1. The minimum atomic E-state index is -0.152. The van der Waals surface area contributed by atoms with E-state index in [4.69, 9.17) is 11.6 Å². The van der Waals surface area contributed by atoms with Gasteiger partial charge < -0.3 is 15.1 Å². The molecule has 3 aromatic rings. The Bertz CT molecular complexity index is 1060. The number of halogens is 1. The summed E-state index contributed by atoms with van der Waals surface area (Å²) in [5.74, 6) is -0.00979. The molecule has 0 radical (unpaired) electrons. The van der Waals surface area contributed by atoms with Crippen LogP contribution in [-0.4, -0.2) is 52.9 Å². The van der Waals surface area contributed by atoms with Crippen molar-refractivity contribution in [3.05, 3.63) is 83.6 Å². The topological polar surface area (TPSA) is 65.5 Å². The van der Waals surface area contributed by atoms with Crippen LogP contribution in [0.5, 0.6) is 0 Å². The van der Waals surface area contributed by atoms with E-state index < -0.39 is 0 Å². The first-order chi connectivity index (χ1) is 15.5. The fourth-order valence-corrected chi connectivity index (χ4v) is 4.02. The number of nitrogens with zero attached hydrogens (tertiary/aromatic N) is 3. The molecule has 0 unspecified atom stereocenters. The van der Waals surface area contributed by atoms with Crippen molar-refractivity contribution in [2.75, 3.05) is 25.5 Å². The molecule has 32 heavy (non-hydrogen) atoms. The lowest BCUT2D eigenvalue weighted by Gasteiger charge is -2.36. The maximum atomic E-state index is 12.8. The second-order valence-corrected chi connectivity index (χ2v) is 8.33. The Kier molecular flexibility index (Phi) is 6.71. The third-order valence-electron chi connectivity index (χ3n) is 5.84. The second-order valence-electron chi connectivity index (χ2n) is 7.89. The zero-order chi connectivity index (χ0) is 22.5. The van der Waals surface area contributed by atoms with Crippen molar-refractivity contribution < 1.29 is 9.59 Å². The van der Waals surface area contributed by atoms with Gasteiger partial charge in [-0.1, -0.05) is 35.9 Å². The number of hydrogen-bond acceptors (Lipinski definition) is 3. The largest absolute Gasteiger partial charge is 0.338 e. The number of nitrogens with one attached hydrogen (secondary N) is 1. The van der Waals surface area contributed by atoms with Gasteiger partial charge in [-0.2, -0.15) is 0 Å². The summed E-state index contributed by atoms with van der Waals surface area (Å²) >= 11 is 5.95. The Morgan fingerprint density at radius 1 is 1.00 bits per heavy atom. The van der Waals surface area contributed by atoms with Crippen LogP contribution in [0, 0.1) is 0 Å². The standard InChI is InChI=1S/C25H25ClN4O2/c1-29(23-12-15-30(16-13-23)24(31)20-3-2-14-27-17-20)25(32)28-22-10-6-19(7-11-22)18-4-8-21(26)9-5-18/h2-11,14,17,23H,12-13,15-16H2,1H3,(H,28,32). The van der Waals surface area contributed by atoms with Crippen LogP contribution in [0.2, 0.25) is 5.02 Å². The average molecular weight is 449 g/mol. The van der Waals surface area contributed by atoms with Crippen molar-refractivity contribution in [2.45, 2.75) is 18.9 Å². The predicted octanol–water partition coefficient (Wildman–Crippen LogP) is 5.17. The molecule has 1 aliphatic rings. The van der Waals surface area contributed by atoms with Crippen molar-refractivity contribution in [2.24, 2.45) is 0 Å². The SMILES string of the molecule is CN(C(=O)Nc1ccc(-c2ccc(Cl)cc2)cc1)C1CCN(C(=O)c2cccnc2)CC1. The summed E-state index contributed by atoms with van der Waals surface area (Å²) in [5.41, 5.74) is 3.46. The van der Waals surface area contributed by atoms with Gasteiger partial charge in [0, 0.05) is 49.3 Å². The Hall–Kier alpha value is -3.38. The Balaban J connectivity index is 1.30. The number of anilines is 1. The van der Waals surface area contributed by atoms with Crippen LogP contribution in [-0.2, 0) is 0 Å². The Labute approximate surface area is 192 Å². The lowest BCUT2D eigenvalue weighted by Crippen LogP contribution is -2.48. The van der Waals surface area contributed by atoms with Crippen molar-refractivity contribution in [3.8, 4) is 11.1 Å². The molecule has 3 amide bonds. The quantitative estimate of drug-likeness (QED) is 0.598. The summed E-state index contributed by atoms with van der Waals surface area (Å²) in [5, 5.41) is 3.67. The molecule has 1 N–H and O–H groups in total. The number of benzene rings is 2. The number of likely N-dealkylation sites (tertiary alicyclic amines) is 1. The highest BCUT2D eigenvalue weighted by Crippen LogP contribution is 2.24. The van der Waals surface area contributed by atoms with Crippen LogP contribution in [0.25, 0.3) is 11.1 Å². The number of rotatable bonds is 4. The molecule has 4 rings (SSSR count). The molecule has 164 valence electrons. The van der Waals surface area contributed by atoms with Crippen LogP contribution >= 0.6 is 11.6 Å². The molecule has 1 saturated heterocycles. The minimum Gasteiger partial charge on any atom is -0.338 e. The monoisotopic (exact) mass is 448 g/mol. The zero-order valence-corrected chi connectivity index (χ0v) is 18.6. The van der Waals surface area contributed by atoms with Crippen molar-refractivity contribution >= 4 is 29.2 Å². The zero-order valence-electron chi connectivity index (χ0n) is 17.9. The number of aromatic nitrogens is 1.